The molecule has 0 saturated carbocycles. The maximum absolute atomic E-state index is 11.7. The summed E-state index contributed by atoms with van der Waals surface area (Å²) < 4.78 is 9.63. The van der Waals surface area contributed by atoms with Gasteiger partial charge in [-0.25, -0.2) is 4.79 Å². The number of hydrogen-bond donors (Lipinski definition) is 1. The van der Waals surface area contributed by atoms with E-state index in [1.807, 2.05) is 13.8 Å². The van der Waals surface area contributed by atoms with Crippen LogP contribution < -0.4 is 5.32 Å². The number of amides is 1. The molecular weight excluding hydrogens is 222 g/mol. The number of carbonyl (C=O) groups excluding carboxylic acids is 2. The lowest BCUT2D eigenvalue weighted by Crippen LogP contribution is -2.67. The zero-order valence-electron chi connectivity index (χ0n) is 10.5. The summed E-state index contributed by atoms with van der Waals surface area (Å²) in [5.41, 5.74) is -0.000263. The Morgan fingerprint density at radius 3 is 2.53 bits per heavy atom. The summed E-state index contributed by atoms with van der Waals surface area (Å²) in [7, 11) is 1.30. The second kappa shape index (κ2) is 5.82. The molecule has 1 aliphatic rings. The number of rotatable bonds is 5. The molecule has 5 heteroatoms. The average Bonchev–Trinajstić information content (AvgIpc) is 2.22. The molecule has 17 heavy (non-hydrogen) atoms. The number of carbonyl (C=O) groups is 2. The topological polar surface area (TPSA) is 64.6 Å². The first-order chi connectivity index (χ1) is 8.04. The lowest BCUT2D eigenvalue weighted by Gasteiger charge is -2.38. The van der Waals surface area contributed by atoms with Crippen molar-refractivity contribution in [2.45, 2.75) is 32.2 Å². The van der Waals surface area contributed by atoms with Crippen molar-refractivity contribution >= 4 is 11.9 Å². The molecule has 0 atom stereocenters. The Hall–Kier alpha value is -1.36. The SMILES string of the molecule is CCC/C(C)=C/C(=O)NC1(C(=O)OC)COC1. The lowest BCUT2D eigenvalue weighted by molar-refractivity contribution is -0.171. The molecule has 96 valence electrons. The van der Waals surface area contributed by atoms with Gasteiger partial charge in [0.05, 0.1) is 20.3 Å². The summed E-state index contributed by atoms with van der Waals surface area (Å²) in [5.74, 6) is -0.733. The van der Waals surface area contributed by atoms with E-state index >= 15 is 0 Å². The Morgan fingerprint density at radius 2 is 2.12 bits per heavy atom. The molecule has 1 rings (SSSR count). The van der Waals surface area contributed by atoms with Gasteiger partial charge in [0.15, 0.2) is 5.54 Å². The van der Waals surface area contributed by atoms with Gasteiger partial charge in [-0.2, -0.15) is 0 Å². The minimum atomic E-state index is -0.991. The second-order valence-electron chi connectivity index (χ2n) is 4.30. The molecule has 0 aliphatic carbocycles. The van der Waals surface area contributed by atoms with Crippen molar-refractivity contribution in [1.82, 2.24) is 5.32 Å². The van der Waals surface area contributed by atoms with Crippen LogP contribution in [-0.2, 0) is 19.1 Å². The van der Waals surface area contributed by atoms with E-state index in [0.717, 1.165) is 18.4 Å². The van der Waals surface area contributed by atoms with Gasteiger partial charge in [-0.15, -0.1) is 0 Å². The van der Waals surface area contributed by atoms with Crippen LogP contribution in [-0.4, -0.2) is 37.7 Å². The first kappa shape index (κ1) is 13.7. The second-order valence-corrected chi connectivity index (χ2v) is 4.30. The van der Waals surface area contributed by atoms with Gasteiger partial charge >= 0.3 is 5.97 Å². The predicted octanol–water partition coefficient (Wildman–Crippen LogP) is 0.791. The van der Waals surface area contributed by atoms with Crippen LogP contribution in [0.3, 0.4) is 0 Å². The van der Waals surface area contributed by atoms with E-state index in [1.165, 1.54) is 13.2 Å². The van der Waals surface area contributed by atoms with Gasteiger partial charge in [0.25, 0.3) is 0 Å². The van der Waals surface area contributed by atoms with Crippen LogP contribution in [0.25, 0.3) is 0 Å². The van der Waals surface area contributed by atoms with Crippen LogP contribution in [0.2, 0.25) is 0 Å². The van der Waals surface area contributed by atoms with Crippen LogP contribution in [0.15, 0.2) is 11.6 Å². The Morgan fingerprint density at radius 1 is 1.47 bits per heavy atom. The number of hydrogen-bond acceptors (Lipinski definition) is 4. The Balaban J connectivity index is 2.60. The van der Waals surface area contributed by atoms with Gasteiger partial charge in [-0.05, 0) is 13.3 Å². The highest BCUT2D eigenvalue weighted by atomic mass is 16.5. The quantitative estimate of drug-likeness (QED) is 0.571. The molecule has 1 saturated heterocycles. The number of methoxy groups -OCH3 is 1. The van der Waals surface area contributed by atoms with Crippen LogP contribution in [0.4, 0.5) is 0 Å². The van der Waals surface area contributed by atoms with Crippen LogP contribution in [0.1, 0.15) is 26.7 Å². The minimum absolute atomic E-state index is 0.173. The van der Waals surface area contributed by atoms with Crippen molar-refractivity contribution in [3.8, 4) is 0 Å². The van der Waals surface area contributed by atoms with Gasteiger partial charge in [0, 0.05) is 6.08 Å². The standard InChI is InChI=1S/C12H19NO4/c1-4-5-9(2)6-10(14)13-12(7-17-8-12)11(15)16-3/h6H,4-5,7-8H2,1-3H3,(H,13,14)/b9-6+. The molecule has 1 aliphatic heterocycles. The van der Waals surface area contributed by atoms with E-state index in [9.17, 15) is 9.59 Å². The summed E-state index contributed by atoms with van der Waals surface area (Å²) in [5, 5.41) is 2.66. The summed E-state index contributed by atoms with van der Waals surface area (Å²) in [6.07, 6.45) is 3.38. The largest absolute Gasteiger partial charge is 0.467 e. The van der Waals surface area contributed by atoms with Crippen molar-refractivity contribution in [2.24, 2.45) is 0 Å². The first-order valence-electron chi connectivity index (χ1n) is 5.69. The van der Waals surface area contributed by atoms with Crippen molar-refractivity contribution in [3.05, 3.63) is 11.6 Å². The third-order valence-electron chi connectivity index (χ3n) is 2.66. The molecule has 1 amide bonds. The zero-order valence-corrected chi connectivity index (χ0v) is 10.5. The summed E-state index contributed by atoms with van der Waals surface area (Å²) in [6.45, 7) is 4.29. The smallest absolute Gasteiger partial charge is 0.336 e. The number of ether oxygens (including phenoxy) is 2. The van der Waals surface area contributed by atoms with Crippen molar-refractivity contribution in [1.29, 1.82) is 0 Å². The third kappa shape index (κ3) is 3.30. The monoisotopic (exact) mass is 241 g/mol. The van der Waals surface area contributed by atoms with Gasteiger partial charge in [-0.3, -0.25) is 4.79 Å². The minimum Gasteiger partial charge on any atom is -0.467 e. The summed E-state index contributed by atoms with van der Waals surface area (Å²) in [4.78, 5) is 23.2. The molecule has 1 fully saturated rings. The Labute approximate surface area is 101 Å². The molecule has 0 unspecified atom stereocenters. The molecule has 0 radical (unpaired) electrons. The van der Waals surface area contributed by atoms with E-state index in [1.54, 1.807) is 0 Å². The van der Waals surface area contributed by atoms with Crippen molar-refractivity contribution in [2.75, 3.05) is 20.3 Å². The van der Waals surface area contributed by atoms with Gasteiger partial charge in [-0.1, -0.05) is 18.9 Å². The molecule has 0 bridgehead atoms. The highest BCUT2D eigenvalue weighted by molar-refractivity contribution is 5.94. The molecule has 0 spiro atoms. The highest BCUT2D eigenvalue weighted by Crippen LogP contribution is 2.18. The van der Waals surface area contributed by atoms with E-state index in [0.29, 0.717) is 0 Å². The maximum Gasteiger partial charge on any atom is 0.336 e. The van der Waals surface area contributed by atoms with Crippen LogP contribution in [0.5, 0.6) is 0 Å². The summed E-state index contributed by atoms with van der Waals surface area (Å²) in [6, 6.07) is 0. The molecule has 1 N–H and O–H groups in total. The van der Waals surface area contributed by atoms with Gasteiger partial charge in [0.2, 0.25) is 5.91 Å². The fourth-order valence-electron chi connectivity index (χ4n) is 1.70. The predicted molar refractivity (Wildman–Crippen MR) is 62.4 cm³/mol. The number of nitrogens with one attached hydrogen (secondary N) is 1. The fraction of sp³-hybridized carbons (Fsp3) is 0.667. The van der Waals surface area contributed by atoms with Gasteiger partial charge < -0.3 is 14.8 Å². The molecule has 5 nitrogen and oxygen atoms in total. The molecule has 0 aromatic carbocycles. The van der Waals surface area contributed by atoms with E-state index in [4.69, 9.17) is 4.74 Å². The third-order valence-corrected chi connectivity index (χ3v) is 2.66. The van der Waals surface area contributed by atoms with Crippen LogP contribution in [0, 0.1) is 0 Å². The van der Waals surface area contributed by atoms with E-state index < -0.39 is 11.5 Å². The molecule has 0 aromatic rings. The van der Waals surface area contributed by atoms with Crippen molar-refractivity contribution < 1.29 is 19.1 Å². The average molecular weight is 241 g/mol. The van der Waals surface area contributed by atoms with E-state index in [2.05, 4.69) is 10.1 Å². The van der Waals surface area contributed by atoms with Crippen LogP contribution >= 0.6 is 0 Å². The highest BCUT2D eigenvalue weighted by Gasteiger charge is 2.48. The fourth-order valence-corrected chi connectivity index (χ4v) is 1.70. The van der Waals surface area contributed by atoms with Crippen molar-refractivity contribution in [3.63, 3.8) is 0 Å². The lowest BCUT2D eigenvalue weighted by atomic mass is 9.97. The van der Waals surface area contributed by atoms with E-state index in [-0.39, 0.29) is 19.1 Å². The maximum atomic E-state index is 11.7. The zero-order chi connectivity index (χ0) is 12.9. The number of allylic oxidation sites excluding steroid dienone is 1. The number of esters is 1. The normalized spacial score (nSPS) is 18.2. The Kier molecular flexibility index (Phi) is 4.69. The first-order valence-corrected chi connectivity index (χ1v) is 5.69. The van der Waals surface area contributed by atoms with Gasteiger partial charge in [0.1, 0.15) is 0 Å². The summed E-state index contributed by atoms with van der Waals surface area (Å²) >= 11 is 0. The molecule has 0 aromatic heterocycles. The molecular formula is C12H19NO4. The Bertz CT molecular complexity index is 331. The molecule has 1 heterocycles.